The Labute approximate surface area is 200 Å². The summed E-state index contributed by atoms with van der Waals surface area (Å²) in [5.41, 5.74) is 3.19. The number of amides is 1. The summed E-state index contributed by atoms with van der Waals surface area (Å²) in [4.78, 5) is 45.2. The van der Waals surface area contributed by atoms with Gasteiger partial charge in [0.25, 0.3) is 5.91 Å². The molecule has 4 rings (SSSR count). The van der Waals surface area contributed by atoms with Crippen LogP contribution in [0.15, 0.2) is 34.2 Å². The Morgan fingerprint density at radius 3 is 2.46 bits per heavy atom. The fourth-order valence-electron chi connectivity index (χ4n) is 5.77. The molecule has 186 valence electrons. The third-order valence-corrected chi connectivity index (χ3v) is 7.22. The molecule has 11 heteroatoms. The number of phenols is 1. The van der Waals surface area contributed by atoms with Crippen molar-refractivity contribution in [3.63, 3.8) is 0 Å². The zero-order valence-electron chi connectivity index (χ0n) is 19.7. The highest BCUT2D eigenvalue weighted by Crippen LogP contribution is 2.52. The molecular formula is C24H27N3O8. The van der Waals surface area contributed by atoms with E-state index in [1.165, 1.54) is 18.1 Å². The van der Waals surface area contributed by atoms with Crippen LogP contribution in [0.3, 0.4) is 0 Å². The van der Waals surface area contributed by atoms with Crippen molar-refractivity contribution in [3.8, 4) is 5.75 Å². The van der Waals surface area contributed by atoms with Crippen LogP contribution >= 0.6 is 0 Å². The minimum absolute atomic E-state index is 0.00411. The molecule has 0 saturated heterocycles. The number of oxime groups is 1. The number of Topliss-reactive ketones (excluding diaryl/α,β-unsaturated/α-hetero) is 2. The summed E-state index contributed by atoms with van der Waals surface area (Å²) in [5.74, 6) is -6.86. The lowest BCUT2D eigenvalue weighted by Gasteiger charge is -2.50. The zero-order chi connectivity index (χ0) is 26.0. The van der Waals surface area contributed by atoms with Crippen molar-refractivity contribution in [2.75, 3.05) is 21.2 Å². The predicted molar refractivity (Wildman–Crippen MR) is 123 cm³/mol. The number of carbonyl (C=O) groups excluding carboxylic acids is 3. The van der Waals surface area contributed by atoms with Crippen LogP contribution in [0.5, 0.6) is 5.75 Å². The topological polar surface area (TPSA) is 183 Å². The minimum atomic E-state index is -2.66. The molecule has 6 N–H and O–H groups in total. The van der Waals surface area contributed by atoms with E-state index in [2.05, 4.69) is 5.16 Å². The number of rotatable bonds is 4. The number of ketones is 2. The lowest BCUT2D eigenvalue weighted by atomic mass is 9.57. The molecule has 0 radical (unpaired) electrons. The number of aromatic hydroxyl groups is 1. The third-order valence-electron chi connectivity index (χ3n) is 7.22. The summed E-state index contributed by atoms with van der Waals surface area (Å²) in [5, 5.41) is 48.1. The van der Waals surface area contributed by atoms with Gasteiger partial charge in [0.2, 0.25) is 5.78 Å². The van der Waals surface area contributed by atoms with Crippen molar-refractivity contribution in [1.29, 1.82) is 0 Å². The number of fused-ring (bicyclic) bond motifs is 3. The summed E-state index contributed by atoms with van der Waals surface area (Å²) < 4.78 is 0. The highest BCUT2D eigenvalue weighted by atomic mass is 16.6. The number of aliphatic hydroxyl groups excluding tert-OH is 2. The minimum Gasteiger partial charge on any atom is -0.508 e. The number of nitrogens with two attached hydrogens (primary N) is 1. The van der Waals surface area contributed by atoms with E-state index in [9.17, 15) is 34.8 Å². The third kappa shape index (κ3) is 3.26. The molecule has 2 unspecified atom stereocenters. The summed E-state index contributed by atoms with van der Waals surface area (Å²) in [6.07, 6.45) is 0.191. The van der Waals surface area contributed by atoms with E-state index >= 15 is 0 Å². The van der Waals surface area contributed by atoms with Crippen molar-refractivity contribution >= 4 is 28.9 Å². The monoisotopic (exact) mass is 485 g/mol. The van der Waals surface area contributed by atoms with E-state index in [0.717, 1.165) is 0 Å². The Balaban J connectivity index is 1.98. The van der Waals surface area contributed by atoms with Gasteiger partial charge in [-0.05, 0) is 57.5 Å². The highest BCUT2D eigenvalue weighted by molar-refractivity contribution is 6.24. The second kappa shape index (κ2) is 8.21. The van der Waals surface area contributed by atoms with E-state index in [4.69, 9.17) is 10.6 Å². The molecule has 4 atom stereocenters. The number of primary amides is 1. The first-order valence-electron chi connectivity index (χ1n) is 11.0. The first-order chi connectivity index (χ1) is 16.4. The van der Waals surface area contributed by atoms with Gasteiger partial charge >= 0.3 is 0 Å². The van der Waals surface area contributed by atoms with Gasteiger partial charge in [0, 0.05) is 17.1 Å². The lowest BCUT2D eigenvalue weighted by Crippen LogP contribution is -2.65. The van der Waals surface area contributed by atoms with Crippen LogP contribution in [0.25, 0.3) is 5.76 Å². The normalized spacial score (nSPS) is 28.6. The molecule has 0 heterocycles. The molecule has 1 aromatic rings. The number of carbonyl (C=O) groups is 3. The van der Waals surface area contributed by atoms with Gasteiger partial charge in [-0.2, -0.15) is 0 Å². The van der Waals surface area contributed by atoms with Crippen molar-refractivity contribution in [2.45, 2.75) is 31.4 Å². The van der Waals surface area contributed by atoms with E-state index in [0.29, 0.717) is 16.8 Å². The SMILES string of the molecule is CO/N=C(\C)c1ccc(O)c2c1CC1CC3[C@H](N(C)C)C(=O)C(C(N)=O)=C(O)[C@@]3(O)C(=O)C1=C2O. The average Bonchev–Trinajstić information content (AvgIpc) is 2.76. The Morgan fingerprint density at radius 1 is 1.23 bits per heavy atom. The molecule has 1 amide bonds. The first-order valence-corrected chi connectivity index (χ1v) is 11.0. The maximum Gasteiger partial charge on any atom is 0.255 e. The number of nitrogens with zero attached hydrogens (tertiary/aromatic N) is 2. The fourth-order valence-corrected chi connectivity index (χ4v) is 5.77. The summed E-state index contributed by atoms with van der Waals surface area (Å²) >= 11 is 0. The van der Waals surface area contributed by atoms with E-state index in [1.807, 2.05) is 0 Å². The van der Waals surface area contributed by atoms with Gasteiger partial charge in [0.05, 0.1) is 17.3 Å². The molecule has 0 bridgehead atoms. The van der Waals surface area contributed by atoms with Crippen molar-refractivity contribution in [1.82, 2.24) is 4.90 Å². The molecule has 0 aromatic heterocycles. The molecule has 11 nitrogen and oxygen atoms in total. The summed E-state index contributed by atoms with van der Waals surface area (Å²) in [6.45, 7) is 1.69. The Bertz CT molecular complexity index is 1260. The summed E-state index contributed by atoms with van der Waals surface area (Å²) in [6, 6.07) is 1.83. The Hall–Kier alpha value is -3.70. The van der Waals surface area contributed by atoms with Gasteiger partial charge in [-0.25, -0.2) is 0 Å². The van der Waals surface area contributed by atoms with Crippen LogP contribution in [0.4, 0.5) is 0 Å². The van der Waals surface area contributed by atoms with Crippen LogP contribution in [0.1, 0.15) is 30.0 Å². The molecule has 3 aliphatic rings. The van der Waals surface area contributed by atoms with Gasteiger partial charge < -0.3 is 31.0 Å². The molecule has 1 saturated carbocycles. The molecule has 1 fully saturated rings. The van der Waals surface area contributed by atoms with Gasteiger partial charge in [-0.15, -0.1) is 0 Å². The predicted octanol–water partition coefficient (Wildman–Crippen LogP) is 0.334. The fraction of sp³-hybridized carbons (Fsp3) is 0.417. The number of likely N-dealkylation sites (N-methyl/N-ethyl adjacent to an activating group) is 1. The molecule has 35 heavy (non-hydrogen) atoms. The van der Waals surface area contributed by atoms with Crippen LogP contribution in [-0.2, 0) is 25.6 Å². The van der Waals surface area contributed by atoms with E-state index in [1.54, 1.807) is 27.1 Å². The van der Waals surface area contributed by atoms with Gasteiger partial charge in [0.15, 0.2) is 11.4 Å². The van der Waals surface area contributed by atoms with E-state index < -0.39 is 58.0 Å². The number of hydrogen-bond donors (Lipinski definition) is 5. The molecular weight excluding hydrogens is 458 g/mol. The van der Waals surface area contributed by atoms with Gasteiger partial charge in [-0.3, -0.25) is 19.3 Å². The van der Waals surface area contributed by atoms with Crippen molar-refractivity contribution in [3.05, 3.63) is 45.7 Å². The molecule has 0 aliphatic heterocycles. The van der Waals surface area contributed by atoms with E-state index in [-0.39, 0.29) is 29.7 Å². The van der Waals surface area contributed by atoms with Crippen LogP contribution in [0.2, 0.25) is 0 Å². The second-order valence-electron chi connectivity index (χ2n) is 9.31. The number of phenolic OH excluding ortho intramolecular Hbond substituents is 1. The van der Waals surface area contributed by atoms with Crippen LogP contribution < -0.4 is 5.73 Å². The molecule has 0 spiro atoms. The smallest absolute Gasteiger partial charge is 0.255 e. The Kier molecular flexibility index (Phi) is 5.73. The summed E-state index contributed by atoms with van der Waals surface area (Å²) in [7, 11) is 4.48. The van der Waals surface area contributed by atoms with Crippen molar-refractivity contribution < 1.29 is 39.6 Å². The highest BCUT2D eigenvalue weighted by Gasteiger charge is 2.64. The van der Waals surface area contributed by atoms with Crippen LogP contribution in [-0.4, -0.2) is 81.4 Å². The van der Waals surface area contributed by atoms with Gasteiger partial charge in [-0.1, -0.05) is 5.16 Å². The standard InChI is InChI=1S/C24H27N3O8/c1-9(26-35-4)11-5-6-14(28)16-12(11)7-10-8-13-18(27(2)3)20(30)17(23(25)33)22(32)24(13,34)21(31)15(10)19(16)29/h5-6,10,13,18,28-29,32,34H,7-8H2,1-4H3,(H2,25,33)/b26-9+/t10?,13?,18-,24-/m0/s1. The lowest BCUT2D eigenvalue weighted by molar-refractivity contribution is -0.153. The van der Waals surface area contributed by atoms with Crippen LogP contribution in [0, 0.1) is 11.8 Å². The largest absolute Gasteiger partial charge is 0.508 e. The quantitative estimate of drug-likeness (QED) is 0.228. The Morgan fingerprint density at radius 2 is 1.89 bits per heavy atom. The molecule has 3 aliphatic carbocycles. The maximum atomic E-state index is 13.8. The van der Waals surface area contributed by atoms with Gasteiger partial charge in [0.1, 0.15) is 30.0 Å². The maximum absolute atomic E-state index is 13.8. The average molecular weight is 485 g/mol. The van der Waals surface area contributed by atoms with Crippen molar-refractivity contribution in [2.24, 2.45) is 22.7 Å². The number of hydrogen-bond acceptors (Lipinski definition) is 10. The second-order valence-corrected chi connectivity index (χ2v) is 9.31. The number of aliphatic hydroxyl groups is 3. The first kappa shape index (κ1) is 24.4. The zero-order valence-corrected chi connectivity index (χ0v) is 19.7. The number of benzene rings is 1. The molecule has 1 aromatic carbocycles.